The molecule has 0 aliphatic rings. The van der Waals surface area contributed by atoms with Crippen LogP contribution >= 0.6 is 0 Å². The molecule has 0 aliphatic carbocycles. The molecule has 0 heterocycles. The van der Waals surface area contributed by atoms with Gasteiger partial charge in [-0.3, -0.25) is 9.59 Å². The van der Waals surface area contributed by atoms with Gasteiger partial charge in [0.05, 0.1) is 18.7 Å². The Balaban J connectivity index is 2.77. The SMILES string of the molecule is CCOC(=O)c1ccc(N(CCC(=O)CN=[N+]=[N-])C(C)=O)cc1. The van der Waals surface area contributed by atoms with E-state index < -0.39 is 5.97 Å². The van der Waals surface area contributed by atoms with Crippen LogP contribution in [0.3, 0.4) is 0 Å². The Morgan fingerprint density at radius 3 is 2.43 bits per heavy atom. The van der Waals surface area contributed by atoms with Crippen LogP contribution in [-0.2, 0) is 14.3 Å². The lowest BCUT2D eigenvalue weighted by Crippen LogP contribution is -2.31. The van der Waals surface area contributed by atoms with Gasteiger partial charge < -0.3 is 9.64 Å². The maximum absolute atomic E-state index is 11.7. The van der Waals surface area contributed by atoms with Crippen molar-refractivity contribution in [1.82, 2.24) is 0 Å². The van der Waals surface area contributed by atoms with Gasteiger partial charge in [0.15, 0.2) is 0 Å². The lowest BCUT2D eigenvalue weighted by Gasteiger charge is -2.21. The molecule has 1 aromatic carbocycles. The summed E-state index contributed by atoms with van der Waals surface area (Å²) in [6.07, 6.45) is 0.0816. The molecule has 0 bridgehead atoms. The molecule has 0 N–H and O–H groups in total. The molecule has 8 nitrogen and oxygen atoms in total. The van der Waals surface area contributed by atoms with E-state index in [0.29, 0.717) is 11.3 Å². The molecule has 0 saturated carbocycles. The first kappa shape index (κ1) is 18.2. The van der Waals surface area contributed by atoms with Crippen molar-refractivity contribution < 1.29 is 19.1 Å². The van der Waals surface area contributed by atoms with Crippen LogP contribution in [0.25, 0.3) is 10.4 Å². The quantitative estimate of drug-likeness (QED) is 0.317. The van der Waals surface area contributed by atoms with Gasteiger partial charge in [-0.25, -0.2) is 4.79 Å². The summed E-state index contributed by atoms with van der Waals surface area (Å²) in [5.74, 6) is -0.916. The van der Waals surface area contributed by atoms with Crippen LogP contribution in [0.5, 0.6) is 0 Å². The number of hydrogen-bond donors (Lipinski definition) is 0. The van der Waals surface area contributed by atoms with Gasteiger partial charge in [0.25, 0.3) is 0 Å². The summed E-state index contributed by atoms with van der Waals surface area (Å²) in [4.78, 5) is 38.8. The number of benzene rings is 1. The van der Waals surface area contributed by atoms with Gasteiger partial charge in [0, 0.05) is 30.5 Å². The maximum Gasteiger partial charge on any atom is 0.338 e. The molecule has 1 aromatic rings. The number of anilines is 1. The number of ketones is 1. The van der Waals surface area contributed by atoms with Gasteiger partial charge in [-0.2, -0.15) is 0 Å². The molecule has 0 unspecified atom stereocenters. The molecule has 0 spiro atoms. The molecule has 0 saturated heterocycles. The zero-order valence-corrected chi connectivity index (χ0v) is 13.1. The summed E-state index contributed by atoms with van der Waals surface area (Å²) >= 11 is 0. The zero-order chi connectivity index (χ0) is 17.2. The number of esters is 1. The lowest BCUT2D eigenvalue weighted by molar-refractivity contribution is -0.118. The van der Waals surface area contributed by atoms with Crippen molar-refractivity contribution >= 4 is 23.3 Å². The smallest absolute Gasteiger partial charge is 0.338 e. The van der Waals surface area contributed by atoms with Crippen LogP contribution < -0.4 is 4.90 Å². The average Bonchev–Trinajstić information content (AvgIpc) is 2.53. The average molecular weight is 318 g/mol. The summed E-state index contributed by atoms with van der Waals surface area (Å²) < 4.78 is 4.89. The highest BCUT2D eigenvalue weighted by Crippen LogP contribution is 2.17. The third kappa shape index (κ3) is 5.80. The van der Waals surface area contributed by atoms with Gasteiger partial charge in [-0.15, -0.1) is 0 Å². The first-order valence-corrected chi connectivity index (χ1v) is 7.07. The van der Waals surface area contributed by atoms with E-state index in [1.165, 1.54) is 11.8 Å². The summed E-state index contributed by atoms with van der Waals surface area (Å²) in [5, 5.41) is 3.19. The second kappa shape index (κ2) is 9.22. The highest BCUT2D eigenvalue weighted by Gasteiger charge is 2.14. The van der Waals surface area contributed by atoms with Crippen LogP contribution in [-0.4, -0.2) is 37.4 Å². The van der Waals surface area contributed by atoms with Crippen molar-refractivity contribution in [1.29, 1.82) is 0 Å². The number of Topliss-reactive ketones (excluding diaryl/α,β-unsaturated/α-hetero) is 1. The molecule has 8 heteroatoms. The van der Waals surface area contributed by atoms with E-state index in [-0.39, 0.29) is 37.8 Å². The Morgan fingerprint density at radius 1 is 1.26 bits per heavy atom. The van der Waals surface area contributed by atoms with Crippen molar-refractivity contribution in [3.8, 4) is 0 Å². The Kier molecular flexibility index (Phi) is 7.29. The van der Waals surface area contributed by atoms with Crippen molar-refractivity contribution in [2.24, 2.45) is 5.11 Å². The number of ether oxygens (including phenoxy) is 1. The third-order valence-corrected chi connectivity index (χ3v) is 2.99. The predicted molar refractivity (Wildman–Crippen MR) is 84.1 cm³/mol. The normalized spacial score (nSPS) is 9.65. The predicted octanol–water partition coefficient (Wildman–Crippen LogP) is 2.49. The fourth-order valence-electron chi connectivity index (χ4n) is 1.89. The van der Waals surface area contributed by atoms with Crippen molar-refractivity contribution in [2.45, 2.75) is 20.3 Å². The number of carbonyl (C=O) groups excluding carboxylic acids is 3. The van der Waals surface area contributed by atoms with Crippen molar-refractivity contribution in [3.63, 3.8) is 0 Å². The number of nitrogens with zero attached hydrogens (tertiary/aromatic N) is 4. The van der Waals surface area contributed by atoms with E-state index in [1.54, 1.807) is 31.2 Å². The summed E-state index contributed by atoms with van der Waals surface area (Å²) in [6.45, 7) is 3.33. The first-order chi connectivity index (χ1) is 11.0. The summed E-state index contributed by atoms with van der Waals surface area (Å²) in [5.41, 5.74) is 9.13. The molecule has 122 valence electrons. The van der Waals surface area contributed by atoms with Crippen LogP contribution in [0.2, 0.25) is 0 Å². The fourth-order valence-corrected chi connectivity index (χ4v) is 1.89. The monoisotopic (exact) mass is 318 g/mol. The number of rotatable bonds is 8. The molecule has 0 fully saturated rings. The molecule has 0 radical (unpaired) electrons. The molecule has 0 aromatic heterocycles. The molecule has 1 rings (SSSR count). The maximum atomic E-state index is 11.7. The topological polar surface area (TPSA) is 112 Å². The first-order valence-electron chi connectivity index (χ1n) is 7.07. The van der Waals surface area contributed by atoms with E-state index in [4.69, 9.17) is 10.3 Å². The Morgan fingerprint density at radius 2 is 1.91 bits per heavy atom. The molecule has 1 amide bonds. The molecule has 0 aliphatic heterocycles. The highest BCUT2D eigenvalue weighted by molar-refractivity contribution is 5.94. The van der Waals surface area contributed by atoms with Gasteiger partial charge in [-0.1, -0.05) is 5.11 Å². The van der Waals surface area contributed by atoms with Crippen molar-refractivity contribution in [2.75, 3.05) is 24.6 Å². The van der Waals surface area contributed by atoms with E-state index in [0.717, 1.165) is 0 Å². The summed E-state index contributed by atoms with van der Waals surface area (Å²) in [7, 11) is 0. The second-order valence-corrected chi connectivity index (χ2v) is 4.62. The highest BCUT2D eigenvalue weighted by atomic mass is 16.5. The minimum absolute atomic E-state index is 0.0816. The van der Waals surface area contributed by atoms with Gasteiger partial charge in [-0.05, 0) is 36.7 Å². The molecule has 0 atom stereocenters. The fraction of sp³-hybridized carbons (Fsp3) is 0.400. The largest absolute Gasteiger partial charge is 0.462 e. The van der Waals surface area contributed by atoms with Crippen LogP contribution in [0.4, 0.5) is 5.69 Å². The molecular weight excluding hydrogens is 300 g/mol. The number of azide groups is 1. The van der Waals surface area contributed by atoms with Gasteiger partial charge in [0.1, 0.15) is 5.78 Å². The molecular formula is C15H18N4O4. The number of amides is 1. The Labute approximate surface area is 133 Å². The Hall–Kier alpha value is -2.86. The lowest BCUT2D eigenvalue weighted by atomic mass is 10.2. The zero-order valence-electron chi connectivity index (χ0n) is 13.1. The van der Waals surface area contributed by atoms with Crippen LogP contribution in [0.15, 0.2) is 29.4 Å². The standard InChI is InChI=1S/C15H18N4O4/c1-3-23-15(22)12-4-6-13(7-5-12)19(11(2)20)9-8-14(21)10-17-18-16/h4-7H,3,8-10H2,1-2H3. The van der Waals surface area contributed by atoms with Crippen molar-refractivity contribution in [3.05, 3.63) is 40.3 Å². The summed E-state index contributed by atoms with van der Waals surface area (Å²) in [6, 6.07) is 6.35. The van der Waals surface area contributed by atoms with Crippen LogP contribution in [0.1, 0.15) is 30.6 Å². The van der Waals surface area contributed by atoms with Crippen LogP contribution in [0, 0.1) is 0 Å². The Bertz CT molecular complexity index is 621. The number of carbonyl (C=O) groups is 3. The minimum Gasteiger partial charge on any atom is -0.462 e. The van der Waals surface area contributed by atoms with E-state index in [9.17, 15) is 14.4 Å². The van der Waals surface area contributed by atoms with Gasteiger partial charge >= 0.3 is 5.97 Å². The van der Waals surface area contributed by atoms with Gasteiger partial charge in [0.2, 0.25) is 5.91 Å². The van der Waals surface area contributed by atoms with E-state index in [1.807, 2.05) is 0 Å². The second-order valence-electron chi connectivity index (χ2n) is 4.62. The van der Waals surface area contributed by atoms with E-state index in [2.05, 4.69) is 10.0 Å². The number of hydrogen-bond acceptors (Lipinski definition) is 5. The third-order valence-electron chi connectivity index (χ3n) is 2.99. The molecule has 23 heavy (non-hydrogen) atoms. The minimum atomic E-state index is -0.432. The van der Waals surface area contributed by atoms with E-state index >= 15 is 0 Å².